The smallest absolute Gasteiger partial charge is 0.293 e. The van der Waals surface area contributed by atoms with Gasteiger partial charge in [0.25, 0.3) is 6.47 Å². The third-order valence-electron chi connectivity index (χ3n) is 4.59. The third-order valence-corrected chi connectivity index (χ3v) is 5.62. The number of ether oxygens (including phenoxy) is 1. The van der Waals surface area contributed by atoms with Gasteiger partial charge in [-0.2, -0.15) is 0 Å². The van der Waals surface area contributed by atoms with Crippen LogP contribution in [0.5, 0.6) is 0 Å². The molecule has 1 unspecified atom stereocenters. The number of hydrogen-bond acceptors (Lipinski definition) is 2. The molecule has 0 amide bonds. The van der Waals surface area contributed by atoms with Crippen LogP contribution in [0.2, 0.25) is 0 Å². The summed E-state index contributed by atoms with van der Waals surface area (Å²) in [4.78, 5) is 14.6. The van der Waals surface area contributed by atoms with E-state index in [4.69, 9.17) is 4.74 Å². The Morgan fingerprint density at radius 2 is 1.81 bits per heavy atom. The van der Waals surface area contributed by atoms with Crippen LogP contribution < -0.4 is 0 Å². The Hall–Kier alpha value is -1.92. The third kappa shape index (κ3) is 4.33. The van der Waals surface area contributed by atoms with E-state index < -0.39 is 5.60 Å². The van der Waals surface area contributed by atoms with Crippen LogP contribution in [0.3, 0.4) is 0 Å². The average molecular weight is 495 g/mol. The lowest BCUT2D eigenvalue weighted by Gasteiger charge is -2.32. The Balaban J connectivity index is 2.08. The van der Waals surface area contributed by atoms with Crippen molar-refractivity contribution in [1.82, 2.24) is 4.98 Å². The lowest BCUT2D eigenvalue weighted by Crippen LogP contribution is -2.33. The van der Waals surface area contributed by atoms with Crippen LogP contribution >= 0.6 is 31.9 Å². The predicted octanol–water partition coefficient (Wildman–Crippen LogP) is 5.98. The molecule has 0 aliphatic carbocycles. The van der Waals surface area contributed by atoms with Gasteiger partial charge >= 0.3 is 0 Å². The minimum Gasteiger partial charge on any atom is -0.456 e. The van der Waals surface area contributed by atoms with E-state index >= 15 is 0 Å². The van der Waals surface area contributed by atoms with Crippen LogP contribution in [0.4, 0.5) is 4.39 Å². The molecule has 0 spiro atoms. The van der Waals surface area contributed by atoms with Crippen molar-refractivity contribution >= 4 is 38.3 Å². The van der Waals surface area contributed by atoms with Gasteiger partial charge in [-0.15, -0.1) is 0 Å². The second-order valence-electron chi connectivity index (χ2n) is 6.20. The van der Waals surface area contributed by atoms with E-state index in [0.29, 0.717) is 24.6 Å². The molecule has 1 N–H and O–H groups in total. The number of alkyl halides is 1. The highest BCUT2D eigenvalue weighted by Gasteiger charge is 2.35. The Morgan fingerprint density at radius 1 is 1.11 bits per heavy atom. The number of carbonyl (C=O) groups excluding carboxylic acids is 1. The van der Waals surface area contributed by atoms with Gasteiger partial charge < -0.3 is 9.72 Å². The van der Waals surface area contributed by atoms with Crippen LogP contribution in [0, 0.1) is 5.82 Å². The summed E-state index contributed by atoms with van der Waals surface area (Å²) < 4.78 is 19.9. The number of aromatic nitrogens is 1. The van der Waals surface area contributed by atoms with Crippen molar-refractivity contribution in [3.05, 3.63) is 82.3 Å². The molecular weight excluding hydrogens is 477 g/mol. The first-order valence-corrected chi connectivity index (χ1v) is 10.4. The Kier molecular flexibility index (Phi) is 6.50. The largest absolute Gasteiger partial charge is 0.456 e. The van der Waals surface area contributed by atoms with Gasteiger partial charge in [0.2, 0.25) is 0 Å². The number of rotatable bonds is 8. The number of halogens is 3. The Labute approximate surface area is 174 Å². The summed E-state index contributed by atoms with van der Waals surface area (Å²) in [5, 5.41) is 0.629. The molecule has 27 heavy (non-hydrogen) atoms. The fourth-order valence-corrected chi connectivity index (χ4v) is 4.54. The molecular formula is C21H18Br2FNO2. The lowest BCUT2D eigenvalue weighted by atomic mass is 9.83. The van der Waals surface area contributed by atoms with E-state index in [1.54, 1.807) is 12.1 Å². The Bertz CT molecular complexity index is 896. The number of H-pyrrole nitrogens is 1. The van der Waals surface area contributed by atoms with Crippen molar-refractivity contribution in [3.8, 4) is 11.1 Å². The summed E-state index contributed by atoms with van der Waals surface area (Å²) in [5.74, 6) is -0.327. The van der Waals surface area contributed by atoms with Gasteiger partial charge in [-0.25, -0.2) is 4.39 Å². The first kappa shape index (κ1) is 19.8. The van der Waals surface area contributed by atoms with Gasteiger partial charge in [-0.1, -0.05) is 58.4 Å². The zero-order valence-corrected chi connectivity index (χ0v) is 17.6. The SMILES string of the molecule is O=COC(CCBr)(Cc1c[nH]c(Br)c1-c1ccccc1)c1ccc(F)cc1. The molecule has 0 saturated carbocycles. The summed E-state index contributed by atoms with van der Waals surface area (Å²) in [7, 11) is 0. The topological polar surface area (TPSA) is 42.1 Å². The van der Waals surface area contributed by atoms with Crippen molar-refractivity contribution in [2.45, 2.75) is 18.4 Å². The van der Waals surface area contributed by atoms with Crippen LogP contribution in [0.25, 0.3) is 11.1 Å². The van der Waals surface area contributed by atoms with Crippen molar-refractivity contribution in [3.63, 3.8) is 0 Å². The molecule has 6 heteroatoms. The zero-order valence-electron chi connectivity index (χ0n) is 14.4. The summed E-state index contributed by atoms with van der Waals surface area (Å²) in [6, 6.07) is 16.1. The maximum Gasteiger partial charge on any atom is 0.293 e. The summed E-state index contributed by atoms with van der Waals surface area (Å²) >= 11 is 7.04. The molecule has 0 radical (unpaired) electrons. The first-order chi connectivity index (χ1) is 13.1. The number of nitrogens with one attached hydrogen (secondary N) is 1. The van der Waals surface area contributed by atoms with E-state index in [-0.39, 0.29) is 5.82 Å². The molecule has 140 valence electrons. The monoisotopic (exact) mass is 493 g/mol. The van der Waals surface area contributed by atoms with Gasteiger partial charge in [0.1, 0.15) is 11.4 Å². The van der Waals surface area contributed by atoms with E-state index in [1.165, 1.54) is 12.1 Å². The van der Waals surface area contributed by atoms with Crippen molar-refractivity contribution in [2.24, 2.45) is 0 Å². The number of hydrogen-bond donors (Lipinski definition) is 1. The van der Waals surface area contributed by atoms with Gasteiger partial charge in [-0.3, -0.25) is 4.79 Å². The van der Waals surface area contributed by atoms with Crippen LogP contribution in [0.1, 0.15) is 17.5 Å². The van der Waals surface area contributed by atoms with Crippen molar-refractivity contribution in [1.29, 1.82) is 0 Å². The van der Waals surface area contributed by atoms with E-state index in [9.17, 15) is 9.18 Å². The maximum atomic E-state index is 13.4. The van der Waals surface area contributed by atoms with Crippen LogP contribution in [-0.4, -0.2) is 16.8 Å². The summed E-state index contributed by atoms with van der Waals surface area (Å²) in [6.45, 7) is 0.468. The van der Waals surface area contributed by atoms with Crippen LogP contribution in [0.15, 0.2) is 65.4 Å². The fraction of sp³-hybridized carbons (Fsp3) is 0.190. The molecule has 0 bridgehead atoms. The van der Waals surface area contributed by atoms with Crippen LogP contribution in [-0.2, 0) is 21.6 Å². The predicted molar refractivity (Wildman–Crippen MR) is 111 cm³/mol. The number of carbonyl (C=O) groups is 1. The zero-order chi connectivity index (χ0) is 19.3. The molecule has 0 saturated heterocycles. The molecule has 1 heterocycles. The van der Waals surface area contributed by atoms with E-state index in [2.05, 4.69) is 36.8 Å². The van der Waals surface area contributed by atoms with Gasteiger partial charge in [0.15, 0.2) is 0 Å². The molecule has 3 aromatic rings. The standard InChI is InChI=1S/C21H18Br2FNO2/c22-11-10-21(27-14-26,17-6-8-18(24)9-7-17)12-16-13-25-20(23)19(16)15-4-2-1-3-5-15/h1-9,13-14,25H,10-12H2. The maximum absolute atomic E-state index is 13.4. The molecule has 1 aromatic heterocycles. The minimum atomic E-state index is -0.899. The normalized spacial score (nSPS) is 13.1. The number of benzene rings is 2. The highest BCUT2D eigenvalue weighted by Crippen LogP contribution is 2.39. The quantitative estimate of drug-likeness (QED) is 0.309. The first-order valence-electron chi connectivity index (χ1n) is 8.44. The second-order valence-corrected chi connectivity index (χ2v) is 7.79. The molecule has 0 aliphatic heterocycles. The highest BCUT2D eigenvalue weighted by molar-refractivity contribution is 9.10. The molecule has 0 fully saturated rings. The molecule has 0 aliphatic rings. The molecule has 3 nitrogen and oxygen atoms in total. The van der Waals surface area contributed by atoms with E-state index in [1.807, 2.05) is 36.5 Å². The molecule has 2 aromatic carbocycles. The number of aromatic amines is 1. The second kappa shape index (κ2) is 8.85. The lowest BCUT2D eigenvalue weighted by molar-refractivity contribution is -0.145. The van der Waals surface area contributed by atoms with Crippen molar-refractivity contribution in [2.75, 3.05) is 5.33 Å². The summed E-state index contributed by atoms with van der Waals surface area (Å²) in [6.07, 6.45) is 2.91. The average Bonchev–Trinajstić information content (AvgIpc) is 3.03. The van der Waals surface area contributed by atoms with Gasteiger partial charge in [-0.05, 0) is 44.8 Å². The summed E-state index contributed by atoms with van der Waals surface area (Å²) in [5.41, 5.74) is 2.93. The van der Waals surface area contributed by atoms with E-state index in [0.717, 1.165) is 26.9 Å². The Morgan fingerprint density at radius 3 is 2.44 bits per heavy atom. The fourth-order valence-electron chi connectivity index (χ4n) is 3.30. The molecule has 3 rings (SSSR count). The van der Waals surface area contributed by atoms with Gasteiger partial charge in [0.05, 0.1) is 4.60 Å². The highest BCUT2D eigenvalue weighted by atomic mass is 79.9. The van der Waals surface area contributed by atoms with Gasteiger partial charge in [0, 0.05) is 29.9 Å². The minimum absolute atomic E-state index is 0.327. The van der Waals surface area contributed by atoms with Crippen molar-refractivity contribution < 1.29 is 13.9 Å². The molecule has 1 atom stereocenters.